The number of amides is 1. The summed E-state index contributed by atoms with van der Waals surface area (Å²) in [6, 6.07) is 7.17. The summed E-state index contributed by atoms with van der Waals surface area (Å²) in [6.45, 7) is 0.215. The lowest BCUT2D eigenvalue weighted by atomic mass is 10.2. The minimum Gasteiger partial charge on any atom is -0.351 e. The largest absolute Gasteiger partial charge is 0.351 e. The quantitative estimate of drug-likeness (QED) is 0.812. The van der Waals surface area contributed by atoms with Gasteiger partial charge >= 0.3 is 0 Å². The minimum atomic E-state index is -2.99. The average molecular weight is 379 g/mol. The van der Waals surface area contributed by atoms with Gasteiger partial charge in [-0.3, -0.25) is 4.79 Å². The van der Waals surface area contributed by atoms with Gasteiger partial charge in [-0.25, -0.2) is 8.42 Å². The summed E-state index contributed by atoms with van der Waals surface area (Å²) in [5, 5.41) is 2.28. The molecule has 1 aromatic carbocycles. The number of sulfone groups is 1. The first-order valence-corrected chi connectivity index (χ1v) is 8.54. The van der Waals surface area contributed by atoms with Crippen LogP contribution >= 0.6 is 22.6 Å². The van der Waals surface area contributed by atoms with E-state index in [4.69, 9.17) is 0 Å². The number of hydrogen-bond acceptors (Lipinski definition) is 3. The van der Waals surface area contributed by atoms with Crippen LogP contribution in [0.1, 0.15) is 23.2 Å². The molecular weight excluding hydrogens is 365 g/mol. The SMILES string of the molecule is O=C(NCC1CCCS1(=O)=O)c1ccc(I)cc1. The zero-order valence-electron chi connectivity index (χ0n) is 9.73. The highest BCUT2D eigenvalue weighted by molar-refractivity contribution is 14.1. The molecule has 0 saturated carbocycles. The normalized spacial score (nSPS) is 21.7. The van der Waals surface area contributed by atoms with Crippen molar-refractivity contribution in [1.29, 1.82) is 0 Å². The summed E-state index contributed by atoms with van der Waals surface area (Å²) < 4.78 is 24.3. The molecule has 1 aromatic rings. The van der Waals surface area contributed by atoms with Gasteiger partial charge < -0.3 is 5.32 Å². The Hall–Kier alpha value is -0.630. The third-order valence-corrected chi connectivity index (χ3v) is 6.05. The first-order valence-electron chi connectivity index (χ1n) is 5.74. The van der Waals surface area contributed by atoms with E-state index in [1.54, 1.807) is 12.1 Å². The van der Waals surface area contributed by atoms with Crippen molar-refractivity contribution in [3.63, 3.8) is 0 Å². The molecule has 0 bridgehead atoms. The summed E-state index contributed by atoms with van der Waals surface area (Å²) in [5.74, 6) is 0.0327. The number of rotatable bonds is 3. The Bertz CT molecular complexity index is 539. The summed E-state index contributed by atoms with van der Waals surface area (Å²) >= 11 is 2.17. The first-order chi connectivity index (χ1) is 8.49. The first kappa shape index (κ1) is 13.8. The molecule has 0 aliphatic carbocycles. The molecule has 98 valence electrons. The molecule has 1 aliphatic rings. The lowest BCUT2D eigenvalue weighted by Crippen LogP contribution is -2.34. The Balaban J connectivity index is 1.95. The molecule has 1 aliphatic heterocycles. The highest BCUT2D eigenvalue weighted by Crippen LogP contribution is 2.19. The van der Waals surface area contributed by atoms with Crippen molar-refractivity contribution >= 4 is 38.3 Å². The van der Waals surface area contributed by atoms with Gasteiger partial charge in [0.15, 0.2) is 9.84 Å². The van der Waals surface area contributed by atoms with Gasteiger partial charge in [0, 0.05) is 15.7 Å². The second-order valence-electron chi connectivity index (χ2n) is 4.35. The highest BCUT2D eigenvalue weighted by atomic mass is 127. The fourth-order valence-corrected chi connectivity index (χ4v) is 4.12. The van der Waals surface area contributed by atoms with E-state index in [-0.39, 0.29) is 18.2 Å². The number of halogens is 1. The van der Waals surface area contributed by atoms with E-state index >= 15 is 0 Å². The van der Waals surface area contributed by atoms with E-state index in [9.17, 15) is 13.2 Å². The fourth-order valence-electron chi connectivity index (χ4n) is 2.00. The van der Waals surface area contributed by atoms with Crippen LogP contribution in [0.5, 0.6) is 0 Å². The summed E-state index contributed by atoms with van der Waals surface area (Å²) in [6.07, 6.45) is 1.35. The number of carbonyl (C=O) groups excluding carboxylic acids is 1. The third kappa shape index (κ3) is 3.23. The van der Waals surface area contributed by atoms with Crippen molar-refractivity contribution in [3.8, 4) is 0 Å². The van der Waals surface area contributed by atoms with E-state index in [0.29, 0.717) is 18.4 Å². The second-order valence-corrected chi connectivity index (χ2v) is 7.99. The van der Waals surface area contributed by atoms with E-state index < -0.39 is 15.1 Å². The number of benzene rings is 1. The predicted octanol–water partition coefficient (Wildman–Crippen LogP) is 1.60. The Morgan fingerprint density at radius 1 is 1.33 bits per heavy atom. The summed E-state index contributed by atoms with van der Waals surface area (Å²) in [5.41, 5.74) is 0.561. The molecule has 6 heteroatoms. The maximum atomic E-state index is 11.8. The zero-order chi connectivity index (χ0) is 13.2. The zero-order valence-corrected chi connectivity index (χ0v) is 12.7. The number of nitrogens with one attached hydrogen (secondary N) is 1. The lowest BCUT2D eigenvalue weighted by Gasteiger charge is -2.10. The lowest BCUT2D eigenvalue weighted by molar-refractivity contribution is 0.0953. The van der Waals surface area contributed by atoms with Crippen LogP contribution in [0, 0.1) is 3.57 Å². The van der Waals surface area contributed by atoms with Crippen molar-refractivity contribution in [2.75, 3.05) is 12.3 Å². The molecule has 1 unspecified atom stereocenters. The van der Waals surface area contributed by atoms with E-state index in [1.165, 1.54) is 0 Å². The van der Waals surface area contributed by atoms with Crippen LogP contribution < -0.4 is 5.32 Å². The molecule has 0 spiro atoms. The third-order valence-electron chi connectivity index (χ3n) is 3.06. The van der Waals surface area contributed by atoms with Gasteiger partial charge in [-0.2, -0.15) is 0 Å². The number of carbonyl (C=O) groups is 1. The maximum Gasteiger partial charge on any atom is 0.251 e. The Labute approximate surface area is 120 Å². The molecule has 4 nitrogen and oxygen atoms in total. The highest BCUT2D eigenvalue weighted by Gasteiger charge is 2.31. The van der Waals surface area contributed by atoms with E-state index in [0.717, 1.165) is 3.57 Å². The fraction of sp³-hybridized carbons (Fsp3) is 0.417. The van der Waals surface area contributed by atoms with Gasteiger partial charge in [-0.1, -0.05) is 0 Å². The van der Waals surface area contributed by atoms with E-state index in [2.05, 4.69) is 27.9 Å². The van der Waals surface area contributed by atoms with Gasteiger partial charge in [-0.05, 0) is 59.7 Å². The molecule has 18 heavy (non-hydrogen) atoms. The van der Waals surface area contributed by atoms with Crippen LogP contribution in [0.3, 0.4) is 0 Å². The molecule has 1 fully saturated rings. The second kappa shape index (κ2) is 5.56. The number of hydrogen-bond donors (Lipinski definition) is 1. The molecule has 1 heterocycles. The van der Waals surface area contributed by atoms with Crippen LogP contribution in [0.25, 0.3) is 0 Å². The van der Waals surface area contributed by atoms with E-state index in [1.807, 2.05) is 12.1 Å². The standard InChI is InChI=1S/C12H14INO3S/c13-10-5-3-9(4-6-10)12(15)14-8-11-2-1-7-18(11,16)17/h3-6,11H,1-2,7-8H2,(H,14,15). The minimum absolute atomic E-state index is 0.214. The molecular formula is C12H14INO3S. The Morgan fingerprint density at radius 2 is 2.00 bits per heavy atom. The summed E-state index contributed by atoms with van der Waals surface area (Å²) in [4.78, 5) is 11.8. The Kier molecular flexibility index (Phi) is 4.26. The topological polar surface area (TPSA) is 63.2 Å². The maximum absolute atomic E-state index is 11.8. The van der Waals surface area contributed by atoms with Crippen molar-refractivity contribution < 1.29 is 13.2 Å². The predicted molar refractivity (Wildman–Crippen MR) is 78.3 cm³/mol. The molecule has 0 aromatic heterocycles. The van der Waals surface area contributed by atoms with Crippen LogP contribution in [-0.4, -0.2) is 31.9 Å². The van der Waals surface area contributed by atoms with Crippen LogP contribution in [0.2, 0.25) is 0 Å². The van der Waals surface area contributed by atoms with Gasteiger partial charge in [0.1, 0.15) is 0 Å². The van der Waals surface area contributed by atoms with Crippen molar-refractivity contribution in [1.82, 2.24) is 5.32 Å². The van der Waals surface area contributed by atoms with Gasteiger partial charge in [0.2, 0.25) is 0 Å². The van der Waals surface area contributed by atoms with Gasteiger partial charge in [-0.15, -0.1) is 0 Å². The van der Waals surface area contributed by atoms with Crippen LogP contribution in [0.4, 0.5) is 0 Å². The van der Waals surface area contributed by atoms with Gasteiger partial charge in [0.25, 0.3) is 5.91 Å². The Morgan fingerprint density at radius 3 is 2.56 bits per heavy atom. The van der Waals surface area contributed by atoms with Crippen molar-refractivity contribution in [2.45, 2.75) is 18.1 Å². The molecule has 1 saturated heterocycles. The molecule has 2 rings (SSSR count). The van der Waals surface area contributed by atoms with Gasteiger partial charge in [0.05, 0.1) is 11.0 Å². The van der Waals surface area contributed by atoms with Crippen LogP contribution in [0.15, 0.2) is 24.3 Å². The molecule has 1 atom stereocenters. The van der Waals surface area contributed by atoms with Crippen molar-refractivity contribution in [2.24, 2.45) is 0 Å². The monoisotopic (exact) mass is 379 g/mol. The molecule has 0 radical (unpaired) electrons. The molecule has 1 amide bonds. The molecule has 1 N–H and O–H groups in total. The summed E-state index contributed by atoms with van der Waals surface area (Å²) in [7, 11) is -2.99. The average Bonchev–Trinajstić information content (AvgIpc) is 2.66. The smallest absolute Gasteiger partial charge is 0.251 e. The van der Waals surface area contributed by atoms with Crippen molar-refractivity contribution in [3.05, 3.63) is 33.4 Å². The van der Waals surface area contributed by atoms with Crippen LogP contribution in [-0.2, 0) is 9.84 Å².